The summed E-state index contributed by atoms with van der Waals surface area (Å²) in [5.41, 5.74) is 3.81. The highest BCUT2D eigenvalue weighted by Gasteiger charge is 2.12. The molecule has 0 spiro atoms. The Morgan fingerprint density at radius 2 is 2.22 bits per heavy atom. The Kier molecular flexibility index (Phi) is 3.00. The molecule has 0 atom stereocenters. The number of aromatic nitrogens is 3. The summed E-state index contributed by atoms with van der Waals surface area (Å²) in [5.74, 6) is 0.992. The Morgan fingerprint density at radius 1 is 1.28 bits per heavy atom. The van der Waals surface area contributed by atoms with E-state index in [9.17, 15) is 0 Å². The molecule has 94 valence electrons. The molecule has 0 aliphatic heterocycles. The van der Waals surface area contributed by atoms with Gasteiger partial charge in [0.2, 0.25) is 0 Å². The van der Waals surface area contributed by atoms with Crippen LogP contribution in [-0.2, 0) is 26.3 Å². The minimum atomic E-state index is 0.878. The highest BCUT2D eigenvalue weighted by atomic mass is 15.2. The van der Waals surface area contributed by atoms with Crippen LogP contribution in [0.15, 0.2) is 24.4 Å². The molecule has 2 aromatic rings. The molecule has 18 heavy (non-hydrogen) atoms. The summed E-state index contributed by atoms with van der Waals surface area (Å²) in [6.07, 6.45) is 6.48. The first-order valence-corrected chi connectivity index (χ1v) is 6.52. The largest absolute Gasteiger partial charge is 0.370 e. The maximum absolute atomic E-state index is 4.65. The number of fused-ring (bicyclic) bond motifs is 1. The van der Waals surface area contributed by atoms with Crippen LogP contribution in [0.2, 0.25) is 0 Å². The van der Waals surface area contributed by atoms with Gasteiger partial charge in [0.05, 0.1) is 5.69 Å². The Morgan fingerprint density at radius 3 is 3.06 bits per heavy atom. The number of anilines is 1. The van der Waals surface area contributed by atoms with Crippen molar-refractivity contribution >= 4 is 5.82 Å². The van der Waals surface area contributed by atoms with E-state index in [4.69, 9.17) is 0 Å². The first-order valence-electron chi connectivity index (χ1n) is 6.52. The van der Waals surface area contributed by atoms with E-state index in [1.807, 2.05) is 17.9 Å². The van der Waals surface area contributed by atoms with Gasteiger partial charge in [-0.3, -0.25) is 4.68 Å². The predicted molar refractivity (Wildman–Crippen MR) is 71.7 cm³/mol. The normalized spacial score (nSPS) is 13.6. The first kappa shape index (κ1) is 11.3. The molecule has 0 aromatic carbocycles. The number of nitrogens with zero attached hydrogens (tertiary/aromatic N) is 3. The van der Waals surface area contributed by atoms with Crippen molar-refractivity contribution in [3.8, 4) is 0 Å². The van der Waals surface area contributed by atoms with E-state index in [1.165, 1.54) is 24.1 Å². The van der Waals surface area contributed by atoms with E-state index in [-0.39, 0.29) is 0 Å². The molecule has 1 aliphatic carbocycles. The first-order chi connectivity index (χ1) is 8.81. The molecular weight excluding hydrogens is 224 g/mol. The number of hydrogen-bond acceptors (Lipinski definition) is 3. The average Bonchev–Trinajstić information content (AvgIpc) is 2.97. The Hall–Kier alpha value is -1.84. The predicted octanol–water partition coefficient (Wildman–Crippen LogP) is 1.96. The van der Waals surface area contributed by atoms with Crippen molar-refractivity contribution in [2.45, 2.75) is 25.7 Å². The highest BCUT2D eigenvalue weighted by molar-refractivity contribution is 5.40. The van der Waals surface area contributed by atoms with Crippen LogP contribution in [0.25, 0.3) is 0 Å². The van der Waals surface area contributed by atoms with Gasteiger partial charge in [0.25, 0.3) is 0 Å². The van der Waals surface area contributed by atoms with Crippen LogP contribution < -0.4 is 5.32 Å². The number of aryl methyl sites for hydroxylation is 3. The topological polar surface area (TPSA) is 42.7 Å². The van der Waals surface area contributed by atoms with Crippen LogP contribution in [0.4, 0.5) is 5.82 Å². The summed E-state index contributed by atoms with van der Waals surface area (Å²) < 4.78 is 1.84. The minimum absolute atomic E-state index is 0.878. The lowest BCUT2D eigenvalue weighted by Crippen LogP contribution is -2.07. The quantitative estimate of drug-likeness (QED) is 0.891. The zero-order chi connectivity index (χ0) is 12.4. The molecule has 0 fully saturated rings. The van der Waals surface area contributed by atoms with Crippen LogP contribution in [0.3, 0.4) is 0 Å². The van der Waals surface area contributed by atoms with E-state index in [2.05, 4.69) is 33.6 Å². The summed E-state index contributed by atoms with van der Waals surface area (Å²) in [6.45, 7) is 0.878. The molecule has 1 aliphatic rings. The third kappa shape index (κ3) is 2.37. The highest BCUT2D eigenvalue weighted by Crippen LogP contribution is 2.21. The minimum Gasteiger partial charge on any atom is -0.370 e. The third-order valence-electron chi connectivity index (χ3n) is 3.38. The number of rotatable bonds is 4. The van der Waals surface area contributed by atoms with Gasteiger partial charge in [-0.25, -0.2) is 4.98 Å². The number of pyridine rings is 1. The van der Waals surface area contributed by atoms with Crippen LogP contribution in [0.1, 0.15) is 23.4 Å². The van der Waals surface area contributed by atoms with Gasteiger partial charge in [0, 0.05) is 31.9 Å². The second kappa shape index (κ2) is 4.80. The van der Waals surface area contributed by atoms with E-state index in [0.717, 1.165) is 30.9 Å². The van der Waals surface area contributed by atoms with Gasteiger partial charge in [0.15, 0.2) is 0 Å². The van der Waals surface area contributed by atoms with Crippen molar-refractivity contribution in [1.29, 1.82) is 0 Å². The second-order valence-electron chi connectivity index (χ2n) is 4.81. The molecule has 0 radical (unpaired) electrons. The van der Waals surface area contributed by atoms with Crippen LogP contribution in [-0.4, -0.2) is 21.3 Å². The molecule has 3 rings (SSSR count). The van der Waals surface area contributed by atoms with Gasteiger partial charge in [-0.05, 0) is 37.0 Å². The molecule has 0 unspecified atom stereocenters. The fraction of sp³-hybridized carbons (Fsp3) is 0.429. The van der Waals surface area contributed by atoms with E-state index < -0.39 is 0 Å². The molecule has 0 saturated heterocycles. The molecule has 2 heterocycles. The van der Waals surface area contributed by atoms with Gasteiger partial charge >= 0.3 is 0 Å². The molecule has 0 amide bonds. The molecule has 1 N–H and O–H groups in total. The zero-order valence-electron chi connectivity index (χ0n) is 10.7. The molecular formula is C14H18N4. The molecule has 0 bridgehead atoms. The van der Waals surface area contributed by atoms with Crippen LogP contribution in [0, 0.1) is 0 Å². The molecule has 4 heteroatoms. The van der Waals surface area contributed by atoms with Crippen molar-refractivity contribution in [2.75, 3.05) is 11.9 Å². The van der Waals surface area contributed by atoms with Crippen molar-refractivity contribution in [3.05, 3.63) is 41.3 Å². The van der Waals surface area contributed by atoms with E-state index in [1.54, 1.807) is 0 Å². The van der Waals surface area contributed by atoms with Gasteiger partial charge in [-0.15, -0.1) is 0 Å². The van der Waals surface area contributed by atoms with Crippen molar-refractivity contribution < 1.29 is 0 Å². The lowest BCUT2D eigenvalue weighted by molar-refractivity contribution is 0.742. The molecule has 0 saturated carbocycles. The summed E-state index contributed by atoms with van der Waals surface area (Å²) >= 11 is 0. The standard InChI is InChI=1S/C14H18N4/c1-18-10-8-12(17-18)7-9-15-14-6-5-11-3-2-4-13(11)16-14/h5-6,8,10H,2-4,7,9H2,1H3,(H,15,16). The Balaban J connectivity index is 1.57. The van der Waals surface area contributed by atoms with Gasteiger partial charge in [-0.1, -0.05) is 6.07 Å². The summed E-state index contributed by atoms with van der Waals surface area (Å²) in [7, 11) is 1.94. The Labute approximate surface area is 107 Å². The van der Waals surface area contributed by atoms with Crippen molar-refractivity contribution in [3.63, 3.8) is 0 Å². The summed E-state index contributed by atoms with van der Waals surface area (Å²) in [6, 6.07) is 6.35. The summed E-state index contributed by atoms with van der Waals surface area (Å²) in [5, 5.41) is 7.73. The monoisotopic (exact) mass is 242 g/mol. The van der Waals surface area contributed by atoms with E-state index in [0.29, 0.717) is 0 Å². The Bertz CT molecular complexity index is 544. The van der Waals surface area contributed by atoms with E-state index >= 15 is 0 Å². The second-order valence-corrected chi connectivity index (χ2v) is 4.81. The summed E-state index contributed by atoms with van der Waals surface area (Å²) in [4.78, 5) is 4.65. The van der Waals surface area contributed by atoms with Gasteiger partial charge < -0.3 is 5.32 Å². The van der Waals surface area contributed by atoms with Crippen LogP contribution >= 0.6 is 0 Å². The fourth-order valence-corrected chi connectivity index (χ4v) is 2.43. The van der Waals surface area contributed by atoms with Gasteiger partial charge in [-0.2, -0.15) is 5.10 Å². The SMILES string of the molecule is Cn1ccc(CCNc2ccc3c(n2)CCC3)n1. The molecule has 4 nitrogen and oxygen atoms in total. The lowest BCUT2D eigenvalue weighted by atomic mass is 10.2. The smallest absolute Gasteiger partial charge is 0.126 e. The number of hydrogen-bond donors (Lipinski definition) is 1. The fourth-order valence-electron chi connectivity index (χ4n) is 2.43. The van der Waals surface area contributed by atoms with Gasteiger partial charge in [0.1, 0.15) is 5.82 Å². The van der Waals surface area contributed by atoms with Crippen molar-refractivity contribution in [1.82, 2.24) is 14.8 Å². The maximum atomic E-state index is 4.65. The lowest BCUT2D eigenvalue weighted by Gasteiger charge is -2.06. The average molecular weight is 242 g/mol. The number of nitrogens with one attached hydrogen (secondary N) is 1. The van der Waals surface area contributed by atoms with Crippen molar-refractivity contribution in [2.24, 2.45) is 7.05 Å². The third-order valence-corrected chi connectivity index (χ3v) is 3.38. The molecule has 2 aromatic heterocycles. The maximum Gasteiger partial charge on any atom is 0.126 e. The van der Waals surface area contributed by atoms with Crippen LogP contribution in [0.5, 0.6) is 0 Å². The zero-order valence-corrected chi connectivity index (χ0v) is 10.7.